The lowest BCUT2D eigenvalue weighted by molar-refractivity contribution is 0.318. The van der Waals surface area contributed by atoms with Crippen LogP contribution in [0.1, 0.15) is 36.8 Å². The Kier molecular flexibility index (Phi) is 4.07. The molecule has 0 atom stereocenters. The molecule has 0 spiro atoms. The summed E-state index contributed by atoms with van der Waals surface area (Å²) in [6.07, 6.45) is 5.19. The zero-order valence-corrected chi connectivity index (χ0v) is 10.9. The summed E-state index contributed by atoms with van der Waals surface area (Å²) >= 11 is 0. The van der Waals surface area contributed by atoms with Crippen LogP contribution >= 0.6 is 0 Å². The van der Waals surface area contributed by atoms with E-state index < -0.39 is 0 Å². The van der Waals surface area contributed by atoms with E-state index in [-0.39, 0.29) is 5.84 Å². The summed E-state index contributed by atoms with van der Waals surface area (Å²) in [6, 6.07) is 6.12. The van der Waals surface area contributed by atoms with Crippen LogP contribution in [0.5, 0.6) is 0 Å². The Balaban J connectivity index is 2.22. The van der Waals surface area contributed by atoms with Gasteiger partial charge < -0.3 is 15.8 Å². The quantitative estimate of drug-likeness (QED) is 0.365. The molecule has 3 N–H and O–H groups in total. The third kappa shape index (κ3) is 2.75. The second-order valence-corrected chi connectivity index (χ2v) is 4.89. The number of benzene rings is 1. The average Bonchev–Trinajstić information content (AvgIpc) is 2.66. The minimum absolute atomic E-state index is 0.176. The first kappa shape index (κ1) is 12.7. The molecule has 98 valence electrons. The lowest BCUT2D eigenvalue weighted by Crippen LogP contribution is -2.24. The molecule has 0 unspecified atom stereocenters. The predicted molar refractivity (Wildman–Crippen MR) is 74.4 cm³/mol. The zero-order valence-electron chi connectivity index (χ0n) is 10.9. The number of hydrogen-bond acceptors (Lipinski definition) is 3. The summed E-state index contributed by atoms with van der Waals surface area (Å²) < 4.78 is 0. The molecule has 0 aliphatic carbocycles. The molecule has 1 saturated heterocycles. The largest absolute Gasteiger partial charge is 0.409 e. The zero-order chi connectivity index (χ0) is 13.0. The number of hydrogen-bond donors (Lipinski definition) is 2. The molecule has 1 fully saturated rings. The van der Waals surface area contributed by atoms with Gasteiger partial charge in [0.2, 0.25) is 0 Å². The van der Waals surface area contributed by atoms with E-state index in [0.29, 0.717) is 0 Å². The van der Waals surface area contributed by atoms with Crippen LogP contribution in [0.15, 0.2) is 23.4 Å². The van der Waals surface area contributed by atoms with Crippen LogP contribution in [0.4, 0.5) is 5.69 Å². The van der Waals surface area contributed by atoms with Gasteiger partial charge in [0.25, 0.3) is 0 Å². The SMILES string of the molecule is Cc1cc(N2CCCCCC2)ccc1/C(N)=N/O. The van der Waals surface area contributed by atoms with Crippen molar-refractivity contribution in [2.24, 2.45) is 10.9 Å². The Hall–Kier alpha value is -1.71. The molecular formula is C14H21N3O. The van der Waals surface area contributed by atoms with Crippen LogP contribution in [-0.4, -0.2) is 24.1 Å². The summed E-state index contributed by atoms with van der Waals surface area (Å²) in [5, 5.41) is 11.8. The van der Waals surface area contributed by atoms with Gasteiger partial charge in [-0.15, -0.1) is 0 Å². The number of amidine groups is 1. The summed E-state index contributed by atoms with van der Waals surface area (Å²) in [6.45, 7) is 4.25. The first-order chi connectivity index (χ1) is 8.72. The maximum Gasteiger partial charge on any atom is 0.170 e. The van der Waals surface area contributed by atoms with Gasteiger partial charge in [-0.25, -0.2) is 0 Å². The number of nitrogens with zero attached hydrogens (tertiary/aromatic N) is 2. The third-order valence-corrected chi connectivity index (χ3v) is 3.56. The smallest absolute Gasteiger partial charge is 0.170 e. The summed E-state index contributed by atoms with van der Waals surface area (Å²) in [4.78, 5) is 2.43. The maximum atomic E-state index is 8.72. The van der Waals surface area contributed by atoms with E-state index in [0.717, 1.165) is 24.2 Å². The minimum atomic E-state index is 0.176. The van der Waals surface area contributed by atoms with Crippen LogP contribution < -0.4 is 10.6 Å². The van der Waals surface area contributed by atoms with Crippen molar-refractivity contribution in [3.63, 3.8) is 0 Å². The van der Waals surface area contributed by atoms with Gasteiger partial charge in [0.05, 0.1) is 0 Å². The molecule has 0 amide bonds. The predicted octanol–water partition coefficient (Wildman–Crippen LogP) is 2.47. The van der Waals surface area contributed by atoms with Gasteiger partial charge in [0.15, 0.2) is 5.84 Å². The van der Waals surface area contributed by atoms with Crippen molar-refractivity contribution in [1.82, 2.24) is 0 Å². The normalized spacial score (nSPS) is 17.6. The lowest BCUT2D eigenvalue weighted by atomic mass is 10.1. The van der Waals surface area contributed by atoms with Gasteiger partial charge in [-0.3, -0.25) is 0 Å². The van der Waals surface area contributed by atoms with Crippen molar-refractivity contribution >= 4 is 11.5 Å². The fraction of sp³-hybridized carbons (Fsp3) is 0.500. The summed E-state index contributed by atoms with van der Waals surface area (Å²) in [5.41, 5.74) is 8.72. The molecule has 1 aromatic rings. The highest BCUT2D eigenvalue weighted by Crippen LogP contribution is 2.22. The Morgan fingerprint density at radius 2 is 1.89 bits per heavy atom. The fourth-order valence-corrected chi connectivity index (χ4v) is 2.51. The van der Waals surface area contributed by atoms with Gasteiger partial charge in [-0.05, 0) is 43.5 Å². The van der Waals surface area contributed by atoms with Crippen molar-refractivity contribution < 1.29 is 5.21 Å². The maximum absolute atomic E-state index is 8.72. The van der Waals surface area contributed by atoms with E-state index in [4.69, 9.17) is 10.9 Å². The molecule has 0 aromatic heterocycles. The van der Waals surface area contributed by atoms with Crippen molar-refractivity contribution in [3.8, 4) is 0 Å². The van der Waals surface area contributed by atoms with Crippen molar-refractivity contribution in [3.05, 3.63) is 29.3 Å². The monoisotopic (exact) mass is 247 g/mol. The third-order valence-electron chi connectivity index (χ3n) is 3.56. The highest BCUT2D eigenvalue weighted by Gasteiger charge is 2.11. The highest BCUT2D eigenvalue weighted by atomic mass is 16.4. The average molecular weight is 247 g/mol. The minimum Gasteiger partial charge on any atom is -0.409 e. The topological polar surface area (TPSA) is 61.8 Å². The first-order valence-corrected chi connectivity index (χ1v) is 6.56. The van der Waals surface area contributed by atoms with Crippen LogP contribution in [0, 0.1) is 6.92 Å². The number of aryl methyl sites for hydroxylation is 1. The molecule has 0 radical (unpaired) electrons. The van der Waals surface area contributed by atoms with Gasteiger partial charge >= 0.3 is 0 Å². The second kappa shape index (κ2) is 5.76. The summed E-state index contributed by atoms with van der Waals surface area (Å²) in [7, 11) is 0. The van der Waals surface area contributed by atoms with Crippen LogP contribution in [0.2, 0.25) is 0 Å². The molecule has 4 heteroatoms. The van der Waals surface area contributed by atoms with E-state index in [2.05, 4.69) is 22.2 Å². The number of rotatable bonds is 2. The van der Waals surface area contributed by atoms with Crippen LogP contribution in [0.25, 0.3) is 0 Å². The van der Waals surface area contributed by atoms with Crippen LogP contribution in [-0.2, 0) is 0 Å². The first-order valence-electron chi connectivity index (χ1n) is 6.56. The lowest BCUT2D eigenvalue weighted by Gasteiger charge is -2.23. The van der Waals surface area contributed by atoms with Gasteiger partial charge in [0.1, 0.15) is 0 Å². The molecule has 1 aromatic carbocycles. The number of nitrogens with two attached hydrogens (primary N) is 1. The van der Waals surface area contributed by atoms with E-state index >= 15 is 0 Å². The Morgan fingerprint density at radius 3 is 2.44 bits per heavy atom. The highest BCUT2D eigenvalue weighted by molar-refractivity contribution is 5.98. The molecule has 1 heterocycles. The van der Waals surface area contributed by atoms with Crippen LogP contribution in [0.3, 0.4) is 0 Å². The Bertz CT molecular complexity index is 435. The summed E-state index contributed by atoms with van der Waals surface area (Å²) in [5.74, 6) is 0.176. The second-order valence-electron chi connectivity index (χ2n) is 4.89. The molecule has 1 aliphatic heterocycles. The fourth-order valence-electron chi connectivity index (χ4n) is 2.51. The van der Waals surface area contributed by atoms with E-state index in [1.165, 1.54) is 31.4 Å². The van der Waals surface area contributed by atoms with Crippen molar-refractivity contribution in [1.29, 1.82) is 0 Å². The Morgan fingerprint density at radius 1 is 1.22 bits per heavy atom. The molecular weight excluding hydrogens is 226 g/mol. The molecule has 2 rings (SSSR count). The van der Waals surface area contributed by atoms with Gasteiger partial charge in [-0.1, -0.05) is 18.0 Å². The molecule has 4 nitrogen and oxygen atoms in total. The standard InChI is InChI=1S/C14H21N3O/c1-11-10-12(6-7-13(11)14(15)16-18)17-8-4-2-3-5-9-17/h6-7,10,18H,2-5,8-9H2,1H3,(H2,15,16). The number of anilines is 1. The van der Waals surface area contributed by atoms with Gasteiger partial charge in [-0.2, -0.15) is 0 Å². The van der Waals surface area contributed by atoms with E-state index in [1.54, 1.807) is 0 Å². The number of oxime groups is 1. The van der Waals surface area contributed by atoms with E-state index in [9.17, 15) is 0 Å². The molecule has 1 aliphatic rings. The molecule has 0 bridgehead atoms. The van der Waals surface area contributed by atoms with E-state index in [1.807, 2.05) is 13.0 Å². The molecule has 18 heavy (non-hydrogen) atoms. The Labute approximate surface area is 108 Å². The van der Waals surface area contributed by atoms with Crippen molar-refractivity contribution in [2.45, 2.75) is 32.6 Å². The van der Waals surface area contributed by atoms with Gasteiger partial charge in [0, 0.05) is 24.3 Å². The molecule has 0 saturated carbocycles. The van der Waals surface area contributed by atoms with Crippen molar-refractivity contribution in [2.75, 3.05) is 18.0 Å².